The van der Waals surface area contributed by atoms with Crippen molar-refractivity contribution in [2.45, 2.75) is 19.0 Å². The zero-order chi connectivity index (χ0) is 19.9. The summed E-state index contributed by atoms with van der Waals surface area (Å²) in [5.41, 5.74) is 4.91. The first-order valence-corrected chi connectivity index (χ1v) is 9.86. The average molecular weight is 398 g/mol. The van der Waals surface area contributed by atoms with Gasteiger partial charge in [-0.2, -0.15) is 5.10 Å². The van der Waals surface area contributed by atoms with E-state index in [1.165, 1.54) is 0 Å². The molecule has 0 N–H and O–H groups in total. The molecule has 148 valence electrons. The molecule has 0 radical (unpaired) electrons. The van der Waals surface area contributed by atoms with Gasteiger partial charge in [-0.15, -0.1) is 5.10 Å². The Morgan fingerprint density at radius 1 is 1.13 bits per heavy atom. The molecule has 0 aliphatic carbocycles. The number of rotatable bonds is 4. The van der Waals surface area contributed by atoms with Crippen LogP contribution in [-0.2, 0) is 11.3 Å². The third kappa shape index (κ3) is 3.00. The highest BCUT2D eigenvalue weighted by Crippen LogP contribution is 2.23. The average Bonchev–Trinajstić information content (AvgIpc) is 3.54. The lowest BCUT2D eigenvalue weighted by Crippen LogP contribution is -2.08. The van der Waals surface area contributed by atoms with Crippen LogP contribution in [0.5, 0.6) is 0 Å². The van der Waals surface area contributed by atoms with E-state index in [0.29, 0.717) is 24.4 Å². The van der Waals surface area contributed by atoms with E-state index < -0.39 is 0 Å². The summed E-state index contributed by atoms with van der Waals surface area (Å²) in [6.07, 6.45) is 8.31. The van der Waals surface area contributed by atoms with Gasteiger partial charge in [-0.25, -0.2) is 14.6 Å². The standard InChI is InChI=1S/C21H18N8O/c1-2-15-8-14(3-4-18(15)22-6-1)11-29-21-20(26-27-29)23-10-19(25-21)16-9-24-28(12-16)17-5-7-30-13-17/h1-4,6,8-10,12,17H,5,7,11,13H2/t17-/m1/s1. The Kier molecular flexibility index (Phi) is 3.98. The van der Waals surface area contributed by atoms with Gasteiger partial charge >= 0.3 is 0 Å². The molecule has 1 aromatic carbocycles. The molecule has 0 bridgehead atoms. The highest BCUT2D eigenvalue weighted by atomic mass is 16.5. The minimum absolute atomic E-state index is 0.282. The van der Waals surface area contributed by atoms with E-state index in [4.69, 9.17) is 9.72 Å². The first-order valence-electron chi connectivity index (χ1n) is 9.86. The van der Waals surface area contributed by atoms with Crippen molar-refractivity contribution in [3.63, 3.8) is 0 Å². The summed E-state index contributed by atoms with van der Waals surface area (Å²) < 4.78 is 9.19. The predicted octanol–water partition coefficient (Wildman–Crippen LogP) is 2.64. The Labute approximate surface area is 171 Å². The number of pyridine rings is 1. The van der Waals surface area contributed by atoms with Gasteiger partial charge in [-0.1, -0.05) is 17.3 Å². The number of nitrogens with zero attached hydrogens (tertiary/aromatic N) is 8. The first-order chi connectivity index (χ1) is 14.8. The second-order valence-corrected chi connectivity index (χ2v) is 7.41. The summed E-state index contributed by atoms with van der Waals surface area (Å²) in [6, 6.07) is 10.4. The van der Waals surface area contributed by atoms with Crippen molar-refractivity contribution in [2.24, 2.45) is 0 Å². The Bertz CT molecular complexity index is 1350. The van der Waals surface area contributed by atoms with Gasteiger partial charge in [0, 0.05) is 30.0 Å². The first kappa shape index (κ1) is 17.2. The fraction of sp³-hybridized carbons (Fsp3) is 0.238. The number of fused-ring (bicyclic) bond motifs is 2. The molecular weight excluding hydrogens is 380 g/mol. The summed E-state index contributed by atoms with van der Waals surface area (Å²) in [7, 11) is 0. The third-order valence-corrected chi connectivity index (χ3v) is 5.40. The molecule has 0 amide bonds. The topological polar surface area (TPSA) is 96.4 Å². The zero-order valence-corrected chi connectivity index (χ0v) is 16.1. The lowest BCUT2D eigenvalue weighted by molar-refractivity contribution is 0.184. The molecule has 5 heterocycles. The van der Waals surface area contributed by atoms with Crippen LogP contribution in [0, 0.1) is 0 Å². The van der Waals surface area contributed by atoms with Gasteiger partial charge in [0.25, 0.3) is 0 Å². The minimum Gasteiger partial charge on any atom is -0.379 e. The smallest absolute Gasteiger partial charge is 0.221 e. The van der Waals surface area contributed by atoms with Crippen molar-refractivity contribution >= 4 is 22.2 Å². The molecule has 0 saturated carbocycles. The number of benzene rings is 1. The van der Waals surface area contributed by atoms with Crippen molar-refractivity contribution in [3.8, 4) is 11.3 Å². The molecule has 4 aromatic heterocycles. The van der Waals surface area contributed by atoms with Gasteiger partial charge in [-0.3, -0.25) is 9.67 Å². The van der Waals surface area contributed by atoms with Crippen LogP contribution >= 0.6 is 0 Å². The summed E-state index contributed by atoms with van der Waals surface area (Å²) in [5.74, 6) is 0. The molecule has 0 unspecified atom stereocenters. The number of hydrogen-bond donors (Lipinski definition) is 0. The van der Waals surface area contributed by atoms with Crippen molar-refractivity contribution < 1.29 is 4.74 Å². The van der Waals surface area contributed by atoms with E-state index in [0.717, 1.165) is 40.8 Å². The Hall–Kier alpha value is -3.72. The second-order valence-electron chi connectivity index (χ2n) is 7.41. The summed E-state index contributed by atoms with van der Waals surface area (Å²) in [4.78, 5) is 13.6. The second kappa shape index (κ2) is 6.96. The Morgan fingerprint density at radius 2 is 2.13 bits per heavy atom. The van der Waals surface area contributed by atoms with Crippen molar-refractivity contribution in [1.29, 1.82) is 0 Å². The maximum absolute atomic E-state index is 5.46. The van der Waals surface area contributed by atoms with Crippen molar-refractivity contribution in [2.75, 3.05) is 13.2 Å². The molecule has 1 fully saturated rings. The van der Waals surface area contributed by atoms with Gasteiger partial charge in [-0.05, 0) is 30.2 Å². The molecule has 0 spiro atoms. The third-order valence-electron chi connectivity index (χ3n) is 5.40. The summed E-state index contributed by atoms with van der Waals surface area (Å²) in [5, 5.41) is 14.0. The molecular formula is C21H18N8O. The largest absolute Gasteiger partial charge is 0.379 e. The molecule has 5 aromatic rings. The van der Waals surface area contributed by atoms with E-state index in [9.17, 15) is 0 Å². The van der Waals surface area contributed by atoms with Crippen LogP contribution in [0.3, 0.4) is 0 Å². The summed E-state index contributed by atoms with van der Waals surface area (Å²) >= 11 is 0. The van der Waals surface area contributed by atoms with Gasteiger partial charge in [0.05, 0.1) is 42.8 Å². The molecule has 9 heteroatoms. The number of ether oxygens (including phenoxy) is 1. The quantitative estimate of drug-likeness (QED) is 0.459. The SMILES string of the molecule is c1cnc2ccc(Cn3nnc4ncc(-c5cnn([C@@H]6CCOC6)c5)nc43)cc2c1. The Balaban J connectivity index is 1.33. The number of hydrogen-bond acceptors (Lipinski definition) is 7. The van der Waals surface area contributed by atoms with E-state index >= 15 is 0 Å². The minimum atomic E-state index is 0.282. The fourth-order valence-electron chi connectivity index (χ4n) is 3.80. The van der Waals surface area contributed by atoms with Gasteiger partial charge in [0.1, 0.15) is 0 Å². The van der Waals surface area contributed by atoms with E-state index in [-0.39, 0.29) is 6.04 Å². The van der Waals surface area contributed by atoms with Crippen molar-refractivity contribution in [3.05, 3.63) is 60.7 Å². The van der Waals surface area contributed by atoms with Crippen LogP contribution in [0.2, 0.25) is 0 Å². The van der Waals surface area contributed by atoms with Crippen molar-refractivity contribution in [1.82, 2.24) is 39.7 Å². The molecule has 9 nitrogen and oxygen atoms in total. The molecule has 1 aliphatic heterocycles. The zero-order valence-electron chi connectivity index (χ0n) is 16.1. The normalized spacial score (nSPS) is 16.6. The van der Waals surface area contributed by atoms with E-state index in [2.05, 4.69) is 37.5 Å². The monoisotopic (exact) mass is 398 g/mol. The maximum Gasteiger partial charge on any atom is 0.221 e. The Morgan fingerprint density at radius 3 is 3.07 bits per heavy atom. The van der Waals surface area contributed by atoms with Crippen LogP contribution in [-0.4, -0.2) is 52.9 Å². The molecule has 6 rings (SSSR count). The fourth-order valence-corrected chi connectivity index (χ4v) is 3.80. The number of aromatic nitrogens is 8. The maximum atomic E-state index is 5.46. The highest BCUT2D eigenvalue weighted by Gasteiger charge is 2.19. The lowest BCUT2D eigenvalue weighted by atomic mass is 10.1. The molecule has 1 atom stereocenters. The summed E-state index contributed by atoms with van der Waals surface area (Å²) in [6.45, 7) is 2.03. The van der Waals surface area contributed by atoms with Gasteiger partial charge in [0.15, 0.2) is 5.65 Å². The van der Waals surface area contributed by atoms with E-state index in [1.54, 1.807) is 17.1 Å². The van der Waals surface area contributed by atoms with Crippen LogP contribution in [0.15, 0.2) is 55.1 Å². The van der Waals surface area contributed by atoms with Crippen LogP contribution in [0.1, 0.15) is 18.0 Å². The predicted molar refractivity (Wildman–Crippen MR) is 110 cm³/mol. The molecule has 30 heavy (non-hydrogen) atoms. The van der Waals surface area contributed by atoms with Crippen LogP contribution < -0.4 is 0 Å². The van der Waals surface area contributed by atoms with Gasteiger partial charge in [0.2, 0.25) is 5.65 Å². The van der Waals surface area contributed by atoms with Crippen LogP contribution in [0.4, 0.5) is 0 Å². The molecule has 1 saturated heterocycles. The lowest BCUT2D eigenvalue weighted by Gasteiger charge is -2.06. The molecule has 1 aliphatic rings. The van der Waals surface area contributed by atoms with Gasteiger partial charge < -0.3 is 4.74 Å². The van der Waals surface area contributed by atoms with Crippen LogP contribution in [0.25, 0.3) is 33.5 Å². The van der Waals surface area contributed by atoms with E-state index in [1.807, 2.05) is 35.3 Å². The highest BCUT2D eigenvalue weighted by molar-refractivity contribution is 5.79.